The summed E-state index contributed by atoms with van der Waals surface area (Å²) in [5.74, 6) is 1.47. The molecule has 94 valence electrons. The fraction of sp³-hybridized carbons (Fsp3) is 0.250. The van der Waals surface area contributed by atoms with E-state index in [1.807, 2.05) is 18.2 Å². The molecular weight excluding hydrogens is 234 g/mol. The Hall–Kier alpha value is -2.37. The van der Waals surface area contributed by atoms with Gasteiger partial charge in [-0.25, -0.2) is 4.68 Å². The third-order valence-corrected chi connectivity index (χ3v) is 2.50. The van der Waals surface area contributed by atoms with Crippen molar-refractivity contribution in [3.8, 4) is 11.5 Å². The highest BCUT2D eigenvalue weighted by atomic mass is 16.5. The molecule has 0 radical (unpaired) electrons. The predicted molar refractivity (Wildman–Crippen MR) is 64.1 cm³/mol. The summed E-state index contributed by atoms with van der Waals surface area (Å²) >= 11 is 0. The highest BCUT2D eigenvalue weighted by molar-refractivity contribution is 5.70. The number of aldehydes is 1. The molecule has 1 aromatic heterocycles. The number of carbonyl (C=O) groups is 1. The Bertz CT molecular complexity index is 551. The molecule has 6 nitrogen and oxygen atoms in total. The van der Waals surface area contributed by atoms with Crippen molar-refractivity contribution in [1.82, 2.24) is 15.0 Å². The lowest BCUT2D eigenvalue weighted by molar-refractivity contribution is 0.111. The Balaban J connectivity index is 2.28. The van der Waals surface area contributed by atoms with Gasteiger partial charge >= 0.3 is 0 Å². The summed E-state index contributed by atoms with van der Waals surface area (Å²) in [6.07, 6.45) is 2.23. The Labute approximate surface area is 104 Å². The fourth-order valence-electron chi connectivity index (χ4n) is 1.62. The predicted octanol–water partition coefficient (Wildman–Crippen LogP) is 1.16. The molecule has 0 N–H and O–H groups in total. The average Bonchev–Trinajstić information content (AvgIpc) is 2.86. The third kappa shape index (κ3) is 2.48. The summed E-state index contributed by atoms with van der Waals surface area (Å²) in [6.45, 7) is 0.460. The van der Waals surface area contributed by atoms with Crippen molar-refractivity contribution >= 4 is 6.29 Å². The molecule has 0 saturated carbocycles. The second-order valence-electron chi connectivity index (χ2n) is 3.64. The van der Waals surface area contributed by atoms with E-state index < -0.39 is 0 Å². The van der Waals surface area contributed by atoms with Crippen LogP contribution in [0.1, 0.15) is 16.1 Å². The quantitative estimate of drug-likeness (QED) is 0.742. The minimum absolute atomic E-state index is 0.303. The van der Waals surface area contributed by atoms with Crippen molar-refractivity contribution in [2.75, 3.05) is 14.2 Å². The Morgan fingerprint density at radius 1 is 1.33 bits per heavy atom. The van der Waals surface area contributed by atoms with Crippen molar-refractivity contribution in [3.05, 3.63) is 35.7 Å². The molecule has 2 aromatic rings. The van der Waals surface area contributed by atoms with E-state index in [9.17, 15) is 4.79 Å². The lowest BCUT2D eigenvalue weighted by Crippen LogP contribution is -2.03. The lowest BCUT2D eigenvalue weighted by atomic mass is 10.2. The molecule has 0 atom stereocenters. The first-order valence-electron chi connectivity index (χ1n) is 5.33. The number of hydrogen-bond acceptors (Lipinski definition) is 5. The molecule has 0 aliphatic heterocycles. The van der Waals surface area contributed by atoms with Crippen LogP contribution in [-0.4, -0.2) is 35.5 Å². The van der Waals surface area contributed by atoms with Crippen molar-refractivity contribution in [2.24, 2.45) is 0 Å². The molecule has 0 amide bonds. The van der Waals surface area contributed by atoms with Gasteiger partial charge in [-0.05, 0) is 18.2 Å². The maximum absolute atomic E-state index is 10.5. The monoisotopic (exact) mass is 247 g/mol. The van der Waals surface area contributed by atoms with Gasteiger partial charge in [0.05, 0.1) is 27.0 Å². The SMILES string of the molecule is COc1ccc(OC)c(Cn2cc(C=O)nn2)c1. The van der Waals surface area contributed by atoms with Crippen LogP contribution in [0, 0.1) is 0 Å². The number of hydrogen-bond donors (Lipinski definition) is 0. The number of aromatic nitrogens is 3. The Morgan fingerprint density at radius 2 is 2.17 bits per heavy atom. The van der Waals surface area contributed by atoms with Crippen molar-refractivity contribution in [3.63, 3.8) is 0 Å². The number of methoxy groups -OCH3 is 2. The van der Waals surface area contributed by atoms with Crippen LogP contribution in [0.2, 0.25) is 0 Å². The first kappa shape index (κ1) is 12.1. The maximum atomic E-state index is 10.5. The number of ether oxygens (including phenoxy) is 2. The summed E-state index contributed by atoms with van der Waals surface area (Å²) in [5.41, 5.74) is 1.20. The van der Waals surface area contributed by atoms with Crippen LogP contribution in [0.3, 0.4) is 0 Å². The zero-order chi connectivity index (χ0) is 13.0. The normalized spacial score (nSPS) is 10.1. The van der Waals surface area contributed by atoms with Crippen LogP contribution in [0.4, 0.5) is 0 Å². The standard InChI is InChI=1S/C12H13N3O3/c1-17-11-3-4-12(18-2)9(5-11)6-15-7-10(8-16)13-14-15/h3-5,7-8H,6H2,1-2H3. The average molecular weight is 247 g/mol. The summed E-state index contributed by atoms with van der Waals surface area (Å²) in [7, 11) is 3.20. The van der Waals surface area contributed by atoms with Gasteiger partial charge in [-0.3, -0.25) is 4.79 Å². The zero-order valence-corrected chi connectivity index (χ0v) is 10.2. The molecule has 1 aromatic carbocycles. The Morgan fingerprint density at radius 3 is 2.78 bits per heavy atom. The lowest BCUT2D eigenvalue weighted by Gasteiger charge is -2.10. The van der Waals surface area contributed by atoms with Gasteiger partial charge in [0.15, 0.2) is 6.29 Å². The Kier molecular flexibility index (Phi) is 3.57. The molecule has 0 aliphatic rings. The highest BCUT2D eigenvalue weighted by Gasteiger charge is 2.07. The molecule has 2 rings (SSSR count). The molecule has 1 heterocycles. The van der Waals surface area contributed by atoms with Gasteiger partial charge in [0, 0.05) is 5.56 Å². The third-order valence-electron chi connectivity index (χ3n) is 2.50. The molecule has 0 fully saturated rings. The fourth-order valence-corrected chi connectivity index (χ4v) is 1.62. The van der Waals surface area contributed by atoms with E-state index in [-0.39, 0.29) is 0 Å². The summed E-state index contributed by atoms with van der Waals surface area (Å²) < 4.78 is 12.0. The van der Waals surface area contributed by atoms with Gasteiger partial charge in [0.2, 0.25) is 0 Å². The van der Waals surface area contributed by atoms with Gasteiger partial charge in [-0.1, -0.05) is 5.21 Å². The van der Waals surface area contributed by atoms with Crippen molar-refractivity contribution in [2.45, 2.75) is 6.54 Å². The molecule has 18 heavy (non-hydrogen) atoms. The molecule has 0 saturated heterocycles. The van der Waals surface area contributed by atoms with Crippen LogP contribution >= 0.6 is 0 Å². The maximum Gasteiger partial charge on any atom is 0.171 e. The van der Waals surface area contributed by atoms with E-state index in [0.717, 1.165) is 17.1 Å². The van der Waals surface area contributed by atoms with Crippen molar-refractivity contribution < 1.29 is 14.3 Å². The van der Waals surface area contributed by atoms with Crippen molar-refractivity contribution in [1.29, 1.82) is 0 Å². The van der Waals surface area contributed by atoms with Crippen LogP contribution < -0.4 is 9.47 Å². The van der Waals surface area contributed by atoms with Crippen LogP contribution in [-0.2, 0) is 6.54 Å². The molecular formula is C12H13N3O3. The summed E-state index contributed by atoms with van der Waals surface area (Å²) in [4.78, 5) is 10.5. The van der Waals surface area contributed by atoms with E-state index in [1.165, 1.54) is 0 Å². The second kappa shape index (κ2) is 5.31. The number of rotatable bonds is 5. The largest absolute Gasteiger partial charge is 0.497 e. The van der Waals surface area contributed by atoms with Gasteiger partial charge in [0.25, 0.3) is 0 Å². The zero-order valence-electron chi connectivity index (χ0n) is 10.2. The molecule has 0 aliphatic carbocycles. The minimum atomic E-state index is 0.303. The van der Waals surface area contributed by atoms with Crippen LogP contribution in [0.25, 0.3) is 0 Å². The van der Waals surface area contributed by atoms with Gasteiger partial charge in [-0.2, -0.15) is 0 Å². The molecule has 0 unspecified atom stereocenters. The van der Waals surface area contributed by atoms with Crippen LogP contribution in [0.5, 0.6) is 11.5 Å². The number of nitrogens with zero attached hydrogens (tertiary/aromatic N) is 3. The summed E-state index contributed by atoms with van der Waals surface area (Å²) in [6, 6.07) is 5.51. The second-order valence-corrected chi connectivity index (χ2v) is 3.64. The van der Waals surface area contributed by atoms with Gasteiger partial charge in [-0.15, -0.1) is 5.10 Å². The first-order chi connectivity index (χ1) is 8.76. The molecule has 0 bridgehead atoms. The van der Waals surface area contributed by atoms with E-state index in [2.05, 4.69) is 10.3 Å². The van der Waals surface area contributed by atoms with E-state index in [1.54, 1.807) is 25.1 Å². The van der Waals surface area contributed by atoms with E-state index in [4.69, 9.17) is 9.47 Å². The minimum Gasteiger partial charge on any atom is -0.497 e. The topological polar surface area (TPSA) is 66.2 Å². The number of benzene rings is 1. The highest BCUT2D eigenvalue weighted by Crippen LogP contribution is 2.24. The smallest absolute Gasteiger partial charge is 0.171 e. The molecule has 6 heteroatoms. The van der Waals surface area contributed by atoms with E-state index in [0.29, 0.717) is 18.5 Å². The first-order valence-corrected chi connectivity index (χ1v) is 5.33. The number of carbonyl (C=O) groups excluding carboxylic acids is 1. The summed E-state index contributed by atoms with van der Waals surface area (Å²) in [5, 5.41) is 7.55. The van der Waals surface area contributed by atoms with E-state index >= 15 is 0 Å². The molecule has 0 spiro atoms. The van der Waals surface area contributed by atoms with Gasteiger partial charge in [0.1, 0.15) is 17.2 Å². The van der Waals surface area contributed by atoms with Gasteiger partial charge < -0.3 is 9.47 Å². The van der Waals surface area contributed by atoms with Crippen LogP contribution in [0.15, 0.2) is 24.4 Å².